The van der Waals surface area contributed by atoms with Crippen molar-refractivity contribution in [2.24, 2.45) is 0 Å². The van der Waals surface area contributed by atoms with Gasteiger partial charge in [0, 0.05) is 17.6 Å². The molecule has 1 aliphatic heterocycles. The van der Waals surface area contributed by atoms with Gasteiger partial charge in [0.2, 0.25) is 0 Å². The van der Waals surface area contributed by atoms with Gasteiger partial charge in [-0.2, -0.15) is 5.10 Å². The van der Waals surface area contributed by atoms with Crippen LogP contribution in [0.5, 0.6) is 0 Å². The van der Waals surface area contributed by atoms with Crippen molar-refractivity contribution in [3.63, 3.8) is 0 Å². The summed E-state index contributed by atoms with van der Waals surface area (Å²) in [6.45, 7) is 5.66. The third kappa shape index (κ3) is 3.00. The van der Waals surface area contributed by atoms with Crippen molar-refractivity contribution < 1.29 is 4.79 Å². The second-order valence-electron chi connectivity index (χ2n) is 5.63. The minimum atomic E-state index is 0.0579. The first kappa shape index (κ1) is 14.3. The first-order valence-electron chi connectivity index (χ1n) is 7.35. The van der Waals surface area contributed by atoms with Crippen LogP contribution in [0, 0.1) is 13.8 Å². The van der Waals surface area contributed by atoms with Crippen LogP contribution in [-0.2, 0) is 6.54 Å². The number of thiazole rings is 1. The second-order valence-corrected chi connectivity index (χ2v) is 6.35. The monoisotopic (exact) mass is 304 g/mol. The van der Waals surface area contributed by atoms with Gasteiger partial charge in [-0.25, -0.2) is 4.98 Å². The van der Waals surface area contributed by atoms with Crippen molar-refractivity contribution in [3.8, 4) is 0 Å². The predicted octanol–water partition coefficient (Wildman–Crippen LogP) is 2.65. The fourth-order valence-electron chi connectivity index (χ4n) is 2.98. The van der Waals surface area contributed by atoms with Crippen molar-refractivity contribution in [1.29, 1.82) is 0 Å². The van der Waals surface area contributed by atoms with Gasteiger partial charge in [0.05, 0.1) is 23.8 Å². The highest BCUT2D eigenvalue weighted by atomic mass is 32.1. The molecule has 1 atom stereocenters. The van der Waals surface area contributed by atoms with Crippen molar-refractivity contribution in [3.05, 3.63) is 34.0 Å². The van der Waals surface area contributed by atoms with Crippen molar-refractivity contribution >= 4 is 17.2 Å². The highest BCUT2D eigenvalue weighted by Gasteiger charge is 2.29. The lowest BCUT2D eigenvalue weighted by molar-refractivity contribution is 0.0577. The van der Waals surface area contributed by atoms with E-state index in [4.69, 9.17) is 0 Å². The van der Waals surface area contributed by atoms with E-state index in [1.165, 1.54) is 17.8 Å². The maximum Gasteiger partial charge on any atom is 0.273 e. The summed E-state index contributed by atoms with van der Waals surface area (Å²) in [5, 5.41) is 6.36. The smallest absolute Gasteiger partial charge is 0.273 e. The zero-order chi connectivity index (χ0) is 14.8. The van der Waals surface area contributed by atoms with Gasteiger partial charge in [-0.1, -0.05) is 0 Å². The Morgan fingerprint density at radius 2 is 2.29 bits per heavy atom. The number of likely N-dealkylation sites (tertiary alicyclic amines) is 1. The molecule has 0 radical (unpaired) electrons. The van der Waals surface area contributed by atoms with Gasteiger partial charge < -0.3 is 4.90 Å². The van der Waals surface area contributed by atoms with Crippen LogP contribution in [0.1, 0.15) is 41.1 Å². The number of hydrogen-bond donors (Lipinski definition) is 0. The lowest BCUT2D eigenvalue weighted by Crippen LogP contribution is -2.46. The lowest BCUT2D eigenvalue weighted by Gasteiger charge is -2.35. The predicted molar refractivity (Wildman–Crippen MR) is 82.5 cm³/mol. The molecule has 0 aliphatic carbocycles. The van der Waals surface area contributed by atoms with Crippen LogP contribution in [0.3, 0.4) is 0 Å². The summed E-state index contributed by atoms with van der Waals surface area (Å²) in [4.78, 5) is 18.7. The third-order valence-corrected chi connectivity index (χ3v) is 4.61. The van der Waals surface area contributed by atoms with Crippen molar-refractivity contribution in [1.82, 2.24) is 19.7 Å². The Kier molecular flexibility index (Phi) is 4.05. The lowest BCUT2D eigenvalue weighted by atomic mass is 10.0. The average Bonchev–Trinajstić information content (AvgIpc) is 3.09. The van der Waals surface area contributed by atoms with Crippen LogP contribution in [-0.4, -0.2) is 38.2 Å². The van der Waals surface area contributed by atoms with E-state index in [0.717, 1.165) is 37.3 Å². The molecule has 3 heterocycles. The SMILES string of the molecule is Cc1cc(C)n(C[C@H]2CCCCN2C(=O)c2cscn2)n1. The molecule has 1 aliphatic rings. The minimum absolute atomic E-state index is 0.0579. The van der Waals surface area contributed by atoms with Gasteiger partial charge in [0.15, 0.2) is 0 Å². The van der Waals surface area contributed by atoms with Crippen LogP contribution in [0.15, 0.2) is 17.0 Å². The number of amides is 1. The molecule has 5 nitrogen and oxygen atoms in total. The summed E-state index contributed by atoms with van der Waals surface area (Å²) in [5.41, 5.74) is 4.47. The molecule has 1 saturated heterocycles. The fraction of sp³-hybridized carbons (Fsp3) is 0.533. The Labute approximate surface area is 128 Å². The van der Waals surface area contributed by atoms with E-state index in [1.54, 1.807) is 5.51 Å². The molecule has 2 aromatic rings. The van der Waals surface area contributed by atoms with E-state index in [2.05, 4.69) is 23.1 Å². The molecular formula is C15H20N4OS. The number of aryl methyl sites for hydroxylation is 2. The third-order valence-electron chi connectivity index (χ3n) is 4.03. The zero-order valence-electron chi connectivity index (χ0n) is 12.5. The number of carbonyl (C=O) groups excluding carboxylic acids is 1. The first-order chi connectivity index (χ1) is 10.1. The van der Waals surface area contributed by atoms with Crippen LogP contribution in [0.2, 0.25) is 0 Å². The van der Waals surface area contributed by atoms with Gasteiger partial charge in [-0.3, -0.25) is 9.48 Å². The molecule has 0 N–H and O–H groups in total. The van der Waals surface area contributed by atoms with E-state index in [9.17, 15) is 4.79 Å². The summed E-state index contributed by atoms with van der Waals surface area (Å²) in [6, 6.07) is 2.29. The van der Waals surface area contributed by atoms with Crippen molar-refractivity contribution in [2.45, 2.75) is 45.7 Å². The van der Waals surface area contributed by atoms with E-state index < -0.39 is 0 Å². The fourth-order valence-corrected chi connectivity index (χ4v) is 3.51. The largest absolute Gasteiger partial charge is 0.332 e. The van der Waals surface area contributed by atoms with Gasteiger partial charge in [-0.05, 0) is 39.2 Å². The molecule has 6 heteroatoms. The van der Waals surface area contributed by atoms with Crippen LogP contribution in [0.25, 0.3) is 0 Å². The number of aromatic nitrogens is 3. The maximum absolute atomic E-state index is 12.6. The minimum Gasteiger partial charge on any atom is -0.332 e. The number of nitrogens with zero attached hydrogens (tertiary/aromatic N) is 4. The molecule has 2 aromatic heterocycles. The van der Waals surface area contributed by atoms with Gasteiger partial charge in [0.25, 0.3) is 5.91 Å². The molecule has 21 heavy (non-hydrogen) atoms. The van der Waals surface area contributed by atoms with E-state index in [0.29, 0.717) is 5.69 Å². The molecular weight excluding hydrogens is 284 g/mol. The molecule has 0 aromatic carbocycles. The second kappa shape index (κ2) is 5.97. The number of piperidine rings is 1. The molecule has 1 fully saturated rings. The quantitative estimate of drug-likeness (QED) is 0.876. The van der Waals surface area contributed by atoms with E-state index in [1.807, 2.05) is 21.9 Å². The van der Waals surface area contributed by atoms with E-state index >= 15 is 0 Å². The standard InChI is InChI=1S/C15H20N4OS/c1-11-7-12(2)19(17-11)8-13-5-3-4-6-18(13)15(20)14-9-21-10-16-14/h7,9-10,13H,3-6,8H2,1-2H3/t13-/m1/s1. The normalized spacial score (nSPS) is 19.0. The molecule has 3 rings (SSSR count). The summed E-state index contributed by atoms with van der Waals surface area (Å²) in [7, 11) is 0. The number of carbonyl (C=O) groups is 1. The molecule has 0 unspecified atom stereocenters. The Morgan fingerprint density at radius 1 is 1.43 bits per heavy atom. The van der Waals surface area contributed by atoms with Gasteiger partial charge in [-0.15, -0.1) is 11.3 Å². The molecule has 1 amide bonds. The summed E-state index contributed by atoms with van der Waals surface area (Å²) in [5.74, 6) is 0.0579. The highest BCUT2D eigenvalue weighted by Crippen LogP contribution is 2.21. The van der Waals surface area contributed by atoms with Gasteiger partial charge >= 0.3 is 0 Å². The first-order valence-corrected chi connectivity index (χ1v) is 8.29. The number of rotatable bonds is 3. The topological polar surface area (TPSA) is 51.0 Å². The highest BCUT2D eigenvalue weighted by molar-refractivity contribution is 7.07. The van der Waals surface area contributed by atoms with Crippen LogP contribution >= 0.6 is 11.3 Å². The molecule has 112 valence electrons. The van der Waals surface area contributed by atoms with Crippen molar-refractivity contribution in [2.75, 3.05) is 6.54 Å². The van der Waals surface area contributed by atoms with E-state index in [-0.39, 0.29) is 11.9 Å². The van der Waals surface area contributed by atoms with Gasteiger partial charge in [0.1, 0.15) is 5.69 Å². The Hall–Kier alpha value is -1.69. The Bertz CT molecular complexity index is 620. The molecule has 0 bridgehead atoms. The average molecular weight is 304 g/mol. The van der Waals surface area contributed by atoms with Crippen LogP contribution < -0.4 is 0 Å². The molecule has 0 spiro atoms. The zero-order valence-corrected chi connectivity index (χ0v) is 13.3. The number of hydrogen-bond acceptors (Lipinski definition) is 4. The maximum atomic E-state index is 12.6. The Balaban J connectivity index is 1.78. The Morgan fingerprint density at radius 3 is 2.95 bits per heavy atom. The molecule has 0 saturated carbocycles. The summed E-state index contributed by atoms with van der Waals surface area (Å²) >= 11 is 1.47. The van der Waals surface area contributed by atoms with Crippen LogP contribution in [0.4, 0.5) is 0 Å². The summed E-state index contributed by atoms with van der Waals surface area (Å²) < 4.78 is 2.02. The summed E-state index contributed by atoms with van der Waals surface area (Å²) in [6.07, 6.45) is 3.28.